The van der Waals surface area contributed by atoms with Gasteiger partial charge in [-0.15, -0.1) is 0 Å². The molecule has 1 aliphatic heterocycles. The van der Waals surface area contributed by atoms with E-state index >= 15 is 0 Å². The van der Waals surface area contributed by atoms with Gasteiger partial charge in [0.15, 0.2) is 0 Å². The van der Waals surface area contributed by atoms with Gasteiger partial charge in [-0.25, -0.2) is 4.79 Å². The molecule has 174 valence electrons. The van der Waals surface area contributed by atoms with Gasteiger partial charge in [0, 0.05) is 18.2 Å². The van der Waals surface area contributed by atoms with Gasteiger partial charge in [0.05, 0.1) is 6.10 Å². The zero-order valence-corrected chi connectivity index (χ0v) is 19.8. The van der Waals surface area contributed by atoms with Crippen LogP contribution in [0, 0.1) is 11.8 Å². The molecule has 2 aliphatic rings. The number of aliphatic hydroxyl groups is 1. The Balaban J connectivity index is 1.79. The highest BCUT2D eigenvalue weighted by Crippen LogP contribution is 2.40. The van der Waals surface area contributed by atoms with Crippen LogP contribution in [0.15, 0.2) is 12.2 Å². The molecule has 2 N–H and O–H groups in total. The molecule has 0 aromatic rings. The average Bonchev–Trinajstić information content (AvgIpc) is 2.72. The number of allylic oxidation sites excluding steroid dienone is 1. The molecule has 2 fully saturated rings. The third kappa shape index (κ3) is 8.70. The number of fused-ring (bicyclic) bond motifs is 1. The number of carbonyl (C=O) groups is 1. The maximum absolute atomic E-state index is 12.3. The summed E-state index contributed by atoms with van der Waals surface area (Å²) >= 11 is 0. The monoisotopic (exact) mass is 421 g/mol. The SMILES string of the molecule is CCCCC/C=C/C(=O)O[C@@H]1C[C@H]2C(CCCCC(O)CCC)CCC[C@H]2N[C@@H]1C. The van der Waals surface area contributed by atoms with E-state index in [1.165, 1.54) is 44.9 Å². The molecule has 0 bridgehead atoms. The van der Waals surface area contributed by atoms with Crippen LogP contribution in [-0.4, -0.2) is 35.4 Å². The number of unbranched alkanes of at least 4 members (excludes halogenated alkanes) is 4. The average molecular weight is 422 g/mol. The van der Waals surface area contributed by atoms with Gasteiger partial charge in [-0.05, 0) is 57.3 Å². The molecular weight excluding hydrogens is 374 g/mol. The lowest BCUT2D eigenvalue weighted by Crippen LogP contribution is -2.57. The molecule has 6 atom stereocenters. The molecule has 1 heterocycles. The van der Waals surface area contributed by atoms with Crippen LogP contribution in [0.5, 0.6) is 0 Å². The molecule has 4 nitrogen and oxygen atoms in total. The minimum atomic E-state index is -0.180. The summed E-state index contributed by atoms with van der Waals surface area (Å²) in [6.45, 7) is 6.49. The van der Waals surface area contributed by atoms with Gasteiger partial charge in [0.2, 0.25) is 0 Å². The first-order valence-corrected chi connectivity index (χ1v) is 12.9. The van der Waals surface area contributed by atoms with E-state index in [0.29, 0.717) is 12.0 Å². The fourth-order valence-corrected chi connectivity index (χ4v) is 5.49. The number of hydrogen-bond donors (Lipinski definition) is 2. The number of carbonyl (C=O) groups excluding carboxylic acids is 1. The first kappa shape index (κ1) is 25.4. The van der Waals surface area contributed by atoms with E-state index in [0.717, 1.165) is 50.9 Å². The van der Waals surface area contributed by atoms with Crippen molar-refractivity contribution in [1.29, 1.82) is 0 Å². The first-order valence-electron chi connectivity index (χ1n) is 12.9. The normalized spacial score (nSPS) is 30.2. The van der Waals surface area contributed by atoms with Crippen molar-refractivity contribution in [2.75, 3.05) is 0 Å². The van der Waals surface area contributed by atoms with Gasteiger partial charge in [-0.3, -0.25) is 0 Å². The summed E-state index contributed by atoms with van der Waals surface area (Å²) in [6, 6.07) is 0.801. The van der Waals surface area contributed by atoms with Crippen molar-refractivity contribution in [3.05, 3.63) is 12.2 Å². The second kappa shape index (κ2) is 14.2. The van der Waals surface area contributed by atoms with Gasteiger partial charge >= 0.3 is 5.97 Å². The van der Waals surface area contributed by atoms with E-state index in [1.807, 2.05) is 6.08 Å². The molecule has 2 rings (SSSR count). The van der Waals surface area contributed by atoms with Crippen LogP contribution >= 0.6 is 0 Å². The van der Waals surface area contributed by atoms with Gasteiger partial charge < -0.3 is 15.2 Å². The maximum atomic E-state index is 12.3. The van der Waals surface area contributed by atoms with Gasteiger partial charge in [0.25, 0.3) is 0 Å². The topological polar surface area (TPSA) is 58.6 Å². The highest BCUT2D eigenvalue weighted by Gasteiger charge is 2.41. The molecule has 0 amide bonds. The number of ether oxygens (including phenoxy) is 1. The Morgan fingerprint density at radius 1 is 1.13 bits per heavy atom. The number of hydrogen-bond acceptors (Lipinski definition) is 4. The standard InChI is InChI=1S/C26H47NO3/c1-4-6-7-8-9-18-26(29)30-25-19-23-21(14-10-11-16-22(28)13-5-2)15-12-17-24(23)27-20(25)3/h9,18,20-25,27-28H,4-8,10-17,19H2,1-3H3/b18-9+/t20-,21?,22?,23+,24-,25-/m1/s1. The highest BCUT2D eigenvalue weighted by molar-refractivity contribution is 5.82. The van der Waals surface area contributed by atoms with E-state index in [4.69, 9.17) is 4.74 Å². The van der Waals surface area contributed by atoms with Crippen LogP contribution in [0.3, 0.4) is 0 Å². The largest absolute Gasteiger partial charge is 0.458 e. The fourth-order valence-electron chi connectivity index (χ4n) is 5.49. The second-order valence-corrected chi connectivity index (χ2v) is 9.75. The summed E-state index contributed by atoms with van der Waals surface area (Å²) in [5.41, 5.74) is 0. The molecular formula is C26H47NO3. The summed E-state index contributed by atoms with van der Waals surface area (Å²) in [6.07, 6.45) is 19.3. The van der Waals surface area contributed by atoms with E-state index in [9.17, 15) is 9.90 Å². The molecule has 0 aromatic heterocycles. The number of nitrogens with one attached hydrogen (secondary N) is 1. The second-order valence-electron chi connectivity index (χ2n) is 9.75. The minimum absolute atomic E-state index is 0.0222. The number of esters is 1. The molecule has 1 saturated carbocycles. The number of aliphatic hydroxyl groups excluding tert-OH is 1. The van der Waals surface area contributed by atoms with Crippen LogP contribution in [0.4, 0.5) is 0 Å². The molecule has 0 radical (unpaired) electrons. The van der Waals surface area contributed by atoms with Gasteiger partial charge in [-0.2, -0.15) is 0 Å². The van der Waals surface area contributed by atoms with Crippen molar-refractivity contribution in [1.82, 2.24) is 5.32 Å². The van der Waals surface area contributed by atoms with Crippen molar-refractivity contribution in [3.8, 4) is 0 Å². The van der Waals surface area contributed by atoms with Crippen LogP contribution < -0.4 is 5.32 Å². The zero-order chi connectivity index (χ0) is 21.8. The van der Waals surface area contributed by atoms with Crippen molar-refractivity contribution in [2.24, 2.45) is 11.8 Å². The first-order chi connectivity index (χ1) is 14.5. The predicted molar refractivity (Wildman–Crippen MR) is 124 cm³/mol. The van der Waals surface area contributed by atoms with Crippen LogP contribution in [0.1, 0.15) is 111 Å². The zero-order valence-electron chi connectivity index (χ0n) is 19.8. The lowest BCUT2D eigenvalue weighted by atomic mass is 9.68. The Labute approximate surface area is 185 Å². The van der Waals surface area contributed by atoms with Crippen LogP contribution in [-0.2, 0) is 9.53 Å². The molecule has 0 aromatic carbocycles. The lowest BCUT2D eigenvalue weighted by Gasteiger charge is -2.47. The smallest absolute Gasteiger partial charge is 0.330 e. The highest BCUT2D eigenvalue weighted by atomic mass is 16.5. The summed E-state index contributed by atoms with van der Waals surface area (Å²) in [4.78, 5) is 12.3. The molecule has 0 spiro atoms. The Bertz CT molecular complexity index is 507. The number of rotatable bonds is 13. The van der Waals surface area contributed by atoms with Crippen molar-refractivity contribution in [3.63, 3.8) is 0 Å². The molecule has 1 aliphatic carbocycles. The van der Waals surface area contributed by atoms with Crippen molar-refractivity contribution >= 4 is 5.97 Å². The lowest BCUT2D eigenvalue weighted by molar-refractivity contribution is -0.148. The molecule has 4 heteroatoms. The minimum Gasteiger partial charge on any atom is -0.458 e. The van der Waals surface area contributed by atoms with E-state index in [-0.39, 0.29) is 24.2 Å². The third-order valence-electron chi connectivity index (χ3n) is 7.23. The van der Waals surface area contributed by atoms with E-state index in [2.05, 4.69) is 26.1 Å². The van der Waals surface area contributed by atoms with Crippen LogP contribution in [0.2, 0.25) is 0 Å². The van der Waals surface area contributed by atoms with Crippen molar-refractivity contribution in [2.45, 2.75) is 135 Å². The summed E-state index contributed by atoms with van der Waals surface area (Å²) < 4.78 is 5.87. The van der Waals surface area contributed by atoms with Crippen molar-refractivity contribution < 1.29 is 14.6 Å². The molecule has 30 heavy (non-hydrogen) atoms. The Morgan fingerprint density at radius 2 is 1.97 bits per heavy atom. The predicted octanol–water partition coefficient (Wildman–Crippen LogP) is 5.92. The van der Waals surface area contributed by atoms with E-state index in [1.54, 1.807) is 6.08 Å². The van der Waals surface area contributed by atoms with E-state index < -0.39 is 0 Å². The maximum Gasteiger partial charge on any atom is 0.330 e. The fraction of sp³-hybridized carbons (Fsp3) is 0.885. The Morgan fingerprint density at radius 3 is 2.73 bits per heavy atom. The number of piperidine rings is 1. The third-order valence-corrected chi connectivity index (χ3v) is 7.23. The molecule has 2 unspecified atom stereocenters. The quantitative estimate of drug-likeness (QED) is 0.220. The summed E-state index contributed by atoms with van der Waals surface area (Å²) in [5.74, 6) is 1.15. The Hall–Kier alpha value is -0.870. The summed E-state index contributed by atoms with van der Waals surface area (Å²) in [7, 11) is 0. The van der Waals surface area contributed by atoms with Crippen LogP contribution in [0.25, 0.3) is 0 Å². The molecule has 1 saturated heterocycles. The van der Waals surface area contributed by atoms with Gasteiger partial charge in [0.1, 0.15) is 6.10 Å². The Kier molecular flexibility index (Phi) is 12.1. The summed E-state index contributed by atoms with van der Waals surface area (Å²) in [5, 5.41) is 13.7. The van der Waals surface area contributed by atoms with Gasteiger partial charge in [-0.1, -0.05) is 71.3 Å².